The number of carbonyl (C=O) groups excluding carboxylic acids is 1. The first-order chi connectivity index (χ1) is 10.1. The number of rotatable bonds is 4. The molecular weight excluding hydrogens is 260 g/mol. The summed E-state index contributed by atoms with van der Waals surface area (Å²) in [5.74, 6) is 0.724. The van der Waals surface area contributed by atoms with Crippen LogP contribution in [0.3, 0.4) is 0 Å². The number of Topliss-reactive ketones (excluding diaryl/α,β-unsaturated/α-hetero) is 1. The van der Waals surface area contributed by atoms with Crippen molar-refractivity contribution in [2.24, 2.45) is 0 Å². The Morgan fingerprint density at radius 1 is 1.10 bits per heavy atom. The van der Waals surface area contributed by atoms with E-state index in [1.54, 1.807) is 6.92 Å². The molecule has 0 N–H and O–H groups in total. The fourth-order valence-corrected chi connectivity index (χ4v) is 2.92. The summed E-state index contributed by atoms with van der Waals surface area (Å²) < 4.78 is 5.90. The molecule has 0 atom stereocenters. The normalized spacial score (nSPS) is 13.0. The maximum Gasteiger partial charge on any atom is 0.163 e. The van der Waals surface area contributed by atoms with Crippen molar-refractivity contribution in [3.63, 3.8) is 0 Å². The monoisotopic (exact) mass is 280 g/mol. The Labute approximate surface area is 125 Å². The van der Waals surface area contributed by atoms with E-state index in [1.165, 1.54) is 36.0 Å². The molecule has 2 aromatic rings. The fourth-order valence-electron chi connectivity index (χ4n) is 2.92. The molecule has 0 heterocycles. The molecule has 0 fully saturated rings. The SMILES string of the molecule is CC(=O)c1ccc(C)cc1OCc1ccc2c(c1)CCC2. The van der Waals surface area contributed by atoms with Crippen molar-refractivity contribution in [2.45, 2.75) is 39.7 Å². The molecule has 1 aliphatic rings. The van der Waals surface area contributed by atoms with Crippen molar-refractivity contribution in [1.82, 2.24) is 0 Å². The highest BCUT2D eigenvalue weighted by atomic mass is 16.5. The van der Waals surface area contributed by atoms with Gasteiger partial charge in [-0.2, -0.15) is 0 Å². The Bertz CT molecular complexity index is 686. The van der Waals surface area contributed by atoms with Gasteiger partial charge in [-0.3, -0.25) is 4.79 Å². The number of hydrogen-bond donors (Lipinski definition) is 0. The van der Waals surface area contributed by atoms with Gasteiger partial charge in [0, 0.05) is 0 Å². The van der Waals surface area contributed by atoms with Gasteiger partial charge in [0.1, 0.15) is 12.4 Å². The third-order valence-electron chi connectivity index (χ3n) is 4.07. The first-order valence-electron chi connectivity index (χ1n) is 7.48. The van der Waals surface area contributed by atoms with Gasteiger partial charge >= 0.3 is 0 Å². The average molecular weight is 280 g/mol. The van der Waals surface area contributed by atoms with Gasteiger partial charge in [0.2, 0.25) is 0 Å². The van der Waals surface area contributed by atoms with Gasteiger partial charge in [0.25, 0.3) is 0 Å². The topological polar surface area (TPSA) is 26.3 Å². The summed E-state index contributed by atoms with van der Waals surface area (Å²) >= 11 is 0. The van der Waals surface area contributed by atoms with Crippen LogP contribution in [0.15, 0.2) is 36.4 Å². The molecule has 0 saturated carbocycles. The minimum Gasteiger partial charge on any atom is -0.488 e. The largest absolute Gasteiger partial charge is 0.488 e. The maximum atomic E-state index is 11.7. The Kier molecular flexibility index (Phi) is 3.78. The maximum absolute atomic E-state index is 11.7. The zero-order valence-corrected chi connectivity index (χ0v) is 12.6. The van der Waals surface area contributed by atoms with Gasteiger partial charge in [0.15, 0.2) is 5.78 Å². The number of ketones is 1. The van der Waals surface area contributed by atoms with Crippen molar-refractivity contribution in [2.75, 3.05) is 0 Å². The molecule has 0 bridgehead atoms. The van der Waals surface area contributed by atoms with E-state index in [-0.39, 0.29) is 5.78 Å². The van der Waals surface area contributed by atoms with Crippen LogP contribution in [0.25, 0.3) is 0 Å². The van der Waals surface area contributed by atoms with E-state index in [9.17, 15) is 4.79 Å². The fraction of sp³-hybridized carbons (Fsp3) is 0.316. The number of benzene rings is 2. The molecule has 0 spiro atoms. The summed E-state index contributed by atoms with van der Waals surface area (Å²) in [6.07, 6.45) is 3.63. The zero-order chi connectivity index (χ0) is 14.8. The van der Waals surface area contributed by atoms with Crippen molar-refractivity contribution in [3.05, 3.63) is 64.2 Å². The molecule has 0 aliphatic heterocycles. The van der Waals surface area contributed by atoms with E-state index in [0.717, 1.165) is 5.56 Å². The second kappa shape index (κ2) is 5.72. The van der Waals surface area contributed by atoms with Crippen molar-refractivity contribution < 1.29 is 9.53 Å². The van der Waals surface area contributed by atoms with Crippen molar-refractivity contribution in [1.29, 1.82) is 0 Å². The van der Waals surface area contributed by atoms with Crippen LogP contribution >= 0.6 is 0 Å². The Balaban J connectivity index is 1.78. The molecule has 0 unspecified atom stereocenters. The van der Waals surface area contributed by atoms with Crippen LogP contribution in [0.1, 0.15) is 46.0 Å². The quantitative estimate of drug-likeness (QED) is 0.782. The van der Waals surface area contributed by atoms with E-state index in [4.69, 9.17) is 4.74 Å². The van der Waals surface area contributed by atoms with Gasteiger partial charge in [-0.1, -0.05) is 24.3 Å². The lowest BCUT2D eigenvalue weighted by atomic mass is 10.1. The standard InChI is InChI=1S/C19H20O2/c1-13-6-9-18(14(2)20)19(10-13)21-12-15-7-8-16-4-3-5-17(16)11-15/h6-11H,3-5,12H2,1-2H3. The molecule has 3 rings (SSSR count). The van der Waals surface area contributed by atoms with Gasteiger partial charge in [-0.25, -0.2) is 0 Å². The molecule has 21 heavy (non-hydrogen) atoms. The summed E-state index contributed by atoms with van der Waals surface area (Å²) in [6.45, 7) is 4.09. The zero-order valence-electron chi connectivity index (χ0n) is 12.6. The first kappa shape index (κ1) is 13.9. The molecule has 2 aromatic carbocycles. The van der Waals surface area contributed by atoms with E-state index in [1.807, 2.05) is 25.1 Å². The molecule has 0 radical (unpaired) electrons. The van der Waals surface area contributed by atoms with Crippen LogP contribution in [-0.4, -0.2) is 5.78 Å². The molecule has 0 saturated heterocycles. The summed E-state index contributed by atoms with van der Waals surface area (Å²) in [7, 11) is 0. The van der Waals surface area contributed by atoms with Crippen LogP contribution in [-0.2, 0) is 19.4 Å². The number of carbonyl (C=O) groups is 1. The van der Waals surface area contributed by atoms with Gasteiger partial charge in [-0.05, 0) is 67.5 Å². The first-order valence-corrected chi connectivity index (χ1v) is 7.48. The summed E-state index contributed by atoms with van der Waals surface area (Å²) in [6, 6.07) is 12.3. The van der Waals surface area contributed by atoms with Gasteiger partial charge in [-0.15, -0.1) is 0 Å². The second-order valence-electron chi connectivity index (χ2n) is 5.80. The number of fused-ring (bicyclic) bond motifs is 1. The molecule has 2 nitrogen and oxygen atoms in total. The predicted molar refractivity (Wildman–Crippen MR) is 84.0 cm³/mol. The summed E-state index contributed by atoms with van der Waals surface area (Å²) in [5, 5.41) is 0. The molecule has 1 aliphatic carbocycles. The van der Waals surface area contributed by atoms with E-state index < -0.39 is 0 Å². The van der Waals surface area contributed by atoms with Crippen LogP contribution in [0.5, 0.6) is 5.75 Å². The average Bonchev–Trinajstić information content (AvgIpc) is 2.92. The molecule has 0 aromatic heterocycles. The third-order valence-corrected chi connectivity index (χ3v) is 4.07. The lowest BCUT2D eigenvalue weighted by Gasteiger charge is -2.11. The predicted octanol–water partition coefficient (Wildman–Crippen LogP) is 4.27. The molecule has 0 amide bonds. The molecule has 108 valence electrons. The number of aryl methyl sites for hydroxylation is 3. The van der Waals surface area contributed by atoms with E-state index in [0.29, 0.717) is 17.9 Å². The Morgan fingerprint density at radius 3 is 2.71 bits per heavy atom. The number of hydrogen-bond acceptors (Lipinski definition) is 2. The highest BCUT2D eigenvalue weighted by Gasteiger charge is 2.12. The van der Waals surface area contributed by atoms with Crippen molar-refractivity contribution in [3.8, 4) is 5.75 Å². The molecular formula is C19H20O2. The minimum atomic E-state index is 0.0407. The van der Waals surface area contributed by atoms with Gasteiger partial charge < -0.3 is 4.74 Å². The molecule has 2 heteroatoms. The van der Waals surface area contributed by atoms with Gasteiger partial charge in [0.05, 0.1) is 5.56 Å². The number of ether oxygens (including phenoxy) is 1. The minimum absolute atomic E-state index is 0.0407. The second-order valence-corrected chi connectivity index (χ2v) is 5.80. The lowest BCUT2D eigenvalue weighted by Crippen LogP contribution is -2.02. The highest BCUT2D eigenvalue weighted by molar-refractivity contribution is 5.96. The smallest absolute Gasteiger partial charge is 0.163 e. The van der Waals surface area contributed by atoms with Crippen LogP contribution < -0.4 is 4.74 Å². The summed E-state index contributed by atoms with van der Waals surface area (Å²) in [4.78, 5) is 11.7. The Morgan fingerprint density at radius 2 is 1.90 bits per heavy atom. The van der Waals surface area contributed by atoms with E-state index in [2.05, 4.69) is 18.2 Å². The van der Waals surface area contributed by atoms with Crippen LogP contribution in [0.4, 0.5) is 0 Å². The third kappa shape index (κ3) is 2.99. The highest BCUT2D eigenvalue weighted by Crippen LogP contribution is 2.25. The van der Waals surface area contributed by atoms with E-state index >= 15 is 0 Å². The van der Waals surface area contributed by atoms with Crippen LogP contribution in [0, 0.1) is 6.92 Å². The van der Waals surface area contributed by atoms with Crippen molar-refractivity contribution >= 4 is 5.78 Å². The summed E-state index contributed by atoms with van der Waals surface area (Å²) in [5.41, 5.74) is 5.85. The Hall–Kier alpha value is -2.09. The van der Waals surface area contributed by atoms with Crippen LogP contribution in [0.2, 0.25) is 0 Å². The lowest BCUT2D eigenvalue weighted by molar-refractivity contribution is 0.101.